The number of nitrogens with zero attached hydrogens (tertiary/aromatic N) is 2. The van der Waals surface area contributed by atoms with Crippen LogP contribution in [0.3, 0.4) is 0 Å². The fraction of sp³-hybridized carbons (Fsp3) is 0.115. The van der Waals surface area contributed by atoms with Gasteiger partial charge in [-0.05, 0) is 61.4 Å². The van der Waals surface area contributed by atoms with Crippen molar-refractivity contribution in [1.29, 1.82) is 5.26 Å². The van der Waals surface area contributed by atoms with E-state index < -0.39 is 17.0 Å². The van der Waals surface area contributed by atoms with E-state index >= 15 is 0 Å². The monoisotopic (exact) mass is 491 g/mol. The molecule has 0 saturated carbocycles. The zero-order valence-electron chi connectivity index (χ0n) is 18.1. The van der Waals surface area contributed by atoms with Crippen molar-refractivity contribution in [1.82, 2.24) is 0 Å². The van der Waals surface area contributed by atoms with Gasteiger partial charge in [0, 0.05) is 16.4 Å². The van der Waals surface area contributed by atoms with Crippen LogP contribution in [0.5, 0.6) is 0 Å². The first kappa shape index (κ1) is 23.6. The lowest BCUT2D eigenvalue weighted by Crippen LogP contribution is -2.31. The van der Waals surface area contributed by atoms with Gasteiger partial charge >= 0.3 is 0 Å². The number of amides is 2. The van der Waals surface area contributed by atoms with Gasteiger partial charge in [0.1, 0.15) is 22.5 Å². The Morgan fingerprint density at radius 1 is 1.12 bits per heavy atom. The van der Waals surface area contributed by atoms with Gasteiger partial charge in [0.15, 0.2) is 0 Å². The smallest absolute Gasteiger partial charge is 0.269 e. The molecule has 0 radical (unpaired) electrons. The Bertz CT molecular complexity index is 1320. The maximum absolute atomic E-state index is 13.5. The first-order valence-electron chi connectivity index (χ1n) is 10.4. The lowest BCUT2D eigenvalue weighted by Gasteiger charge is -2.19. The van der Waals surface area contributed by atoms with Gasteiger partial charge in [-0.25, -0.2) is 4.39 Å². The quantitative estimate of drug-likeness (QED) is 0.359. The van der Waals surface area contributed by atoms with Gasteiger partial charge in [-0.1, -0.05) is 59.3 Å². The van der Waals surface area contributed by atoms with Gasteiger partial charge in [-0.15, -0.1) is 0 Å². The van der Waals surface area contributed by atoms with Crippen molar-refractivity contribution in [2.75, 3.05) is 10.2 Å². The number of anilines is 2. The fourth-order valence-electron chi connectivity index (χ4n) is 3.51. The van der Waals surface area contributed by atoms with Crippen molar-refractivity contribution in [2.45, 2.75) is 18.6 Å². The largest absolute Gasteiger partial charge is 0.321 e. The molecule has 1 aliphatic rings. The molecule has 0 aromatic heterocycles. The molecular formula is C26H19ClFN3O2S. The normalized spacial score (nSPS) is 16.8. The average molecular weight is 492 g/mol. The van der Waals surface area contributed by atoms with Gasteiger partial charge in [0.2, 0.25) is 5.91 Å². The van der Waals surface area contributed by atoms with Crippen LogP contribution in [0.2, 0.25) is 5.02 Å². The molecule has 1 aliphatic heterocycles. The summed E-state index contributed by atoms with van der Waals surface area (Å²) < 4.78 is 13.2. The predicted octanol–water partition coefficient (Wildman–Crippen LogP) is 5.85. The Kier molecular flexibility index (Phi) is 7.01. The molecule has 34 heavy (non-hydrogen) atoms. The second-order valence-corrected chi connectivity index (χ2v) is 9.26. The summed E-state index contributed by atoms with van der Waals surface area (Å²) in [4.78, 5) is 27.9. The molecule has 0 bridgehead atoms. The highest BCUT2D eigenvalue weighted by Crippen LogP contribution is 2.42. The van der Waals surface area contributed by atoms with E-state index in [1.165, 1.54) is 29.2 Å². The Balaban J connectivity index is 1.73. The maximum atomic E-state index is 13.5. The summed E-state index contributed by atoms with van der Waals surface area (Å²) in [5.74, 6) is -1.37. The number of thioether (sulfide) groups is 1. The van der Waals surface area contributed by atoms with E-state index in [1.807, 2.05) is 43.3 Å². The molecule has 2 amide bonds. The third-order valence-electron chi connectivity index (χ3n) is 5.26. The fourth-order valence-corrected chi connectivity index (χ4v) is 5.01. The second kappa shape index (κ2) is 10.1. The zero-order chi connectivity index (χ0) is 24.2. The number of halogens is 2. The number of nitrogens with one attached hydrogen (secondary N) is 1. The molecule has 8 heteroatoms. The minimum atomic E-state index is -0.681. The van der Waals surface area contributed by atoms with Crippen LogP contribution in [0.15, 0.2) is 83.4 Å². The van der Waals surface area contributed by atoms with E-state index in [0.717, 1.165) is 22.9 Å². The Morgan fingerprint density at radius 3 is 2.44 bits per heavy atom. The van der Waals surface area contributed by atoms with E-state index in [2.05, 4.69) is 5.32 Å². The molecule has 4 rings (SSSR count). The third kappa shape index (κ3) is 4.98. The summed E-state index contributed by atoms with van der Waals surface area (Å²) in [6.07, 6.45) is 0.341. The van der Waals surface area contributed by atoms with Crippen molar-refractivity contribution in [3.63, 3.8) is 0 Å². The lowest BCUT2D eigenvalue weighted by molar-refractivity contribution is -0.117. The zero-order valence-corrected chi connectivity index (χ0v) is 19.7. The van der Waals surface area contributed by atoms with Gasteiger partial charge in [0.25, 0.3) is 5.91 Å². The summed E-state index contributed by atoms with van der Waals surface area (Å²) in [6, 6.07) is 21.7. The van der Waals surface area contributed by atoms with E-state index in [1.54, 1.807) is 18.2 Å². The first-order chi connectivity index (χ1) is 16.4. The number of aryl methyl sites for hydroxylation is 1. The number of hydrogen-bond acceptors (Lipinski definition) is 4. The number of benzene rings is 3. The van der Waals surface area contributed by atoms with Crippen molar-refractivity contribution in [2.24, 2.45) is 0 Å². The van der Waals surface area contributed by atoms with Crippen LogP contribution in [-0.4, -0.2) is 17.1 Å². The SMILES string of the molecule is Cc1ccc(N2C(=O)C(Cc3ccccc3Cl)SC2=C(C#N)C(=O)Nc2ccc(F)cc2)cc1. The van der Waals surface area contributed by atoms with Crippen molar-refractivity contribution in [3.8, 4) is 6.07 Å². The Morgan fingerprint density at radius 2 is 1.79 bits per heavy atom. The molecule has 3 aromatic carbocycles. The lowest BCUT2D eigenvalue weighted by atomic mass is 10.1. The Labute approximate surface area is 205 Å². The summed E-state index contributed by atoms with van der Waals surface area (Å²) >= 11 is 7.47. The highest BCUT2D eigenvalue weighted by atomic mass is 35.5. The highest BCUT2D eigenvalue weighted by Gasteiger charge is 2.41. The molecule has 1 saturated heterocycles. The van der Waals surface area contributed by atoms with Crippen LogP contribution in [0, 0.1) is 24.1 Å². The number of carbonyl (C=O) groups excluding carboxylic acids is 2. The number of hydrogen-bond donors (Lipinski definition) is 1. The molecule has 170 valence electrons. The molecule has 1 unspecified atom stereocenters. The van der Waals surface area contributed by atoms with Crippen molar-refractivity contribution < 1.29 is 14.0 Å². The highest BCUT2D eigenvalue weighted by molar-refractivity contribution is 8.05. The second-order valence-electron chi connectivity index (χ2n) is 7.66. The van der Waals surface area contributed by atoms with Gasteiger partial charge in [-0.3, -0.25) is 14.5 Å². The minimum Gasteiger partial charge on any atom is -0.321 e. The van der Waals surface area contributed by atoms with Crippen LogP contribution < -0.4 is 10.2 Å². The molecule has 0 aliphatic carbocycles. The molecular weight excluding hydrogens is 473 g/mol. The summed E-state index contributed by atoms with van der Waals surface area (Å²) in [5.41, 5.74) is 2.50. The van der Waals surface area contributed by atoms with Crippen LogP contribution in [0.1, 0.15) is 11.1 Å². The first-order valence-corrected chi connectivity index (χ1v) is 11.6. The van der Waals surface area contributed by atoms with E-state index in [-0.39, 0.29) is 16.5 Å². The third-order valence-corrected chi connectivity index (χ3v) is 6.89. The molecule has 1 heterocycles. The number of carbonyl (C=O) groups is 2. The summed E-state index contributed by atoms with van der Waals surface area (Å²) in [5, 5.41) is 12.7. The summed E-state index contributed by atoms with van der Waals surface area (Å²) in [7, 11) is 0. The molecule has 1 N–H and O–H groups in total. The molecule has 3 aromatic rings. The van der Waals surface area contributed by atoms with Gasteiger partial charge in [-0.2, -0.15) is 5.26 Å². The molecule has 1 fully saturated rings. The van der Waals surface area contributed by atoms with E-state index in [0.29, 0.717) is 22.8 Å². The van der Waals surface area contributed by atoms with Crippen LogP contribution in [0.25, 0.3) is 0 Å². The van der Waals surface area contributed by atoms with Crippen LogP contribution in [0.4, 0.5) is 15.8 Å². The Hall–Kier alpha value is -3.60. The maximum Gasteiger partial charge on any atom is 0.269 e. The van der Waals surface area contributed by atoms with Crippen LogP contribution in [-0.2, 0) is 16.0 Å². The van der Waals surface area contributed by atoms with E-state index in [9.17, 15) is 19.2 Å². The predicted molar refractivity (Wildman–Crippen MR) is 133 cm³/mol. The van der Waals surface area contributed by atoms with Crippen LogP contribution >= 0.6 is 23.4 Å². The average Bonchev–Trinajstić information content (AvgIpc) is 3.13. The van der Waals surface area contributed by atoms with E-state index in [4.69, 9.17) is 11.6 Å². The minimum absolute atomic E-state index is 0.204. The van der Waals surface area contributed by atoms with Crippen molar-refractivity contribution in [3.05, 3.63) is 105 Å². The molecule has 5 nitrogen and oxygen atoms in total. The summed E-state index contributed by atoms with van der Waals surface area (Å²) in [6.45, 7) is 1.93. The topological polar surface area (TPSA) is 73.2 Å². The van der Waals surface area contributed by atoms with Crippen molar-refractivity contribution >= 4 is 46.6 Å². The van der Waals surface area contributed by atoms with Gasteiger partial charge < -0.3 is 5.32 Å². The molecule has 0 spiro atoms. The standard InChI is InChI=1S/C26H19ClFN3O2S/c1-16-6-12-20(13-7-16)31-25(33)23(14-17-4-2-3-5-22(17)27)34-26(31)21(15-29)24(32)30-19-10-8-18(28)9-11-19/h2-13,23H,14H2,1H3,(H,30,32). The number of nitriles is 1. The number of rotatable bonds is 5. The molecule has 1 atom stereocenters. The van der Waals surface area contributed by atoms with Gasteiger partial charge in [0.05, 0.1) is 5.25 Å².